The van der Waals surface area contributed by atoms with Crippen LogP contribution in [0.5, 0.6) is 11.5 Å². The molecule has 0 spiro atoms. The zero-order valence-electron chi connectivity index (χ0n) is 14.2. The van der Waals surface area contributed by atoms with Crippen LogP contribution in [-0.4, -0.2) is 64.6 Å². The Labute approximate surface area is 142 Å². The normalized spacial score (nSPS) is 19.2. The Morgan fingerprint density at radius 1 is 1.33 bits per heavy atom. The number of hydrogen-bond donors (Lipinski definition) is 1. The lowest BCUT2D eigenvalue weighted by atomic mass is 10.2. The molecule has 8 heteroatoms. The van der Waals surface area contributed by atoms with Gasteiger partial charge in [0.2, 0.25) is 5.91 Å². The number of benzene rings is 1. The van der Waals surface area contributed by atoms with E-state index in [1.807, 2.05) is 11.9 Å². The Kier molecular flexibility index (Phi) is 6.06. The van der Waals surface area contributed by atoms with Crippen LogP contribution in [0.15, 0.2) is 18.2 Å². The predicted octanol–water partition coefficient (Wildman–Crippen LogP) is 1.15. The van der Waals surface area contributed by atoms with Crippen LogP contribution in [0.1, 0.15) is 12.8 Å². The van der Waals surface area contributed by atoms with E-state index in [9.17, 15) is 13.2 Å². The van der Waals surface area contributed by atoms with Crippen LogP contribution in [0.2, 0.25) is 0 Å². The quantitative estimate of drug-likeness (QED) is 0.789. The van der Waals surface area contributed by atoms with Crippen molar-refractivity contribution in [3.63, 3.8) is 0 Å². The summed E-state index contributed by atoms with van der Waals surface area (Å²) in [6, 6.07) is 5.17. The molecule has 0 aliphatic carbocycles. The van der Waals surface area contributed by atoms with Gasteiger partial charge in [0.15, 0.2) is 9.84 Å². The molecule has 0 aromatic heterocycles. The molecule has 1 aromatic carbocycles. The number of methoxy groups -OCH3 is 2. The summed E-state index contributed by atoms with van der Waals surface area (Å²) in [5.41, 5.74) is 0.549. The van der Waals surface area contributed by atoms with Crippen LogP contribution in [-0.2, 0) is 14.6 Å². The van der Waals surface area contributed by atoms with E-state index in [1.165, 1.54) is 7.11 Å². The molecule has 1 aromatic rings. The Bertz CT molecular complexity index is 690. The van der Waals surface area contributed by atoms with Crippen LogP contribution in [0.25, 0.3) is 0 Å². The number of amides is 1. The molecule has 7 nitrogen and oxygen atoms in total. The number of ether oxygens (including phenoxy) is 2. The Hall–Kier alpha value is -1.80. The molecule has 2 rings (SSSR count). The molecule has 1 aliphatic rings. The summed E-state index contributed by atoms with van der Waals surface area (Å²) < 4.78 is 33.4. The first kappa shape index (κ1) is 18.5. The van der Waals surface area contributed by atoms with Crippen LogP contribution < -0.4 is 14.8 Å². The highest BCUT2D eigenvalue weighted by Crippen LogP contribution is 2.29. The molecule has 24 heavy (non-hydrogen) atoms. The van der Waals surface area contributed by atoms with E-state index in [1.54, 1.807) is 25.3 Å². The maximum absolute atomic E-state index is 12.2. The molecule has 0 saturated carbocycles. The van der Waals surface area contributed by atoms with Gasteiger partial charge in [-0.25, -0.2) is 8.42 Å². The highest BCUT2D eigenvalue weighted by Gasteiger charge is 2.30. The van der Waals surface area contributed by atoms with Gasteiger partial charge in [-0.05, 0) is 25.6 Å². The van der Waals surface area contributed by atoms with Gasteiger partial charge in [0, 0.05) is 25.1 Å². The van der Waals surface area contributed by atoms with Gasteiger partial charge in [-0.1, -0.05) is 0 Å². The maximum Gasteiger partial charge on any atom is 0.225 e. The summed E-state index contributed by atoms with van der Waals surface area (Å²) in [7, 11) is 2.02. The van der Waals surface area contributed by atoms with Crippen molar-refractivity contribution < 1.29 is 22.7 Å². The first-order valence-corrected chi connectivity index (χ1v) is 9.59. The maximum atomic E-state index is 12.2. The summed E-state index contributed by atoms with van der Waals surface area (Å²) in [6.45, 7) is 0.498. The van der Waals surface area contributed by atoms with Gasteiger partial charge in [0.05, 0.1) is 31.4 Å². The molecular formula is C16H24N2O5S. The third kappa shape index (κ3) is 4.85. The number of carbonyl (C=O) groups is 1. The molecular weight excluding hydrogens is 332 g/mol. The third-order valence-electron chi connectivity index (χ3n) is 4.20. The van der Waals surface area contributed by atoms with E-state index in [0.29, 0.717) is 30.2 Å². The van der Waals surface area contributed by atoms with Crippen molar-refractivity contribution in [3.8, 4) is 11.5 Å². The lowest BCUT2D eigenvalue weighted by Crippen LogP contribution is -2.35. The smallest absolute Gasteiger partial charge is 0.225 e. The Morgan fingerprint density at radius 3 is 2.67 bits per heavy atom. The molecule has 1 N–H and O–H groups in total. The Morgan fingerprint density at radius 2 is 2.08 bits per heavy atom. The second-order valence-electron chi connectivity index (χ2n) is 5.90. The number of sulfone groups is 1. The minimum absolute atomic E-state index is 0.00541. The highest BCUT2D eigenvalue weighted by molar-refractivity contribution is 7.91. The molecule has 1 atom stereocenters. The van der Waals surface area contributed by atoms with Crippen molar-refractivity contribution in [1.29, 1.82) is 0 Å². The van der Waals surface area contributed by atoms with E-state index in [2.05, 4.69) is 5.32 Å². The first-order valence-electron chi connectivity index (χ1n) is 7.77. The third-order valence-corrected chi connectivity index (χ3v) is 5.95. The fourth-order valence-electron chi connectivity index (χ4n) is 2.71. The number of hydrogen-bond acceptors (Lipinski definition) is 6. The zero-order chi connectivity index (χ0) is 17.7. The fourth-order valence-corrected chi connectivity index (χ4v) is 4.51. The molecule has 1 heterocycles. The van der Waals surface area contributed by atoms with E-state index < -0.39 is 9.84 Å². The second kappa shape index (κ2) is 7.85. The van der Waals surface area contributed by atoms with Crippen LogP contribution in [0.4, 0.5) is 5.69 Å². The van der Waals surface area contributed by atoms with Gasteiger partial charge < -0.3 is 19.7 Å². The monoisotopic (exact) mass is 356 g/mol. The lowest BCUT2D eigenvalue weighted by molar-refractivity contribution is -0.116. The van der Waals surface area contributed by atoms with Gasteiger partial charge >= 0.3 is 0 Å². The summed E-state index contributed by atoms with van der Waals surface area (Å²) in [4.78, 5) is 14.1. The number of nitrogens with zero attached hydrogens (tertiary/aromatic N) is 1. The molecule has 134 valence electrons. The average molecular weight is 356 g/mol. The molecule has 1 aliphatic heterocycles. The summed E-state index contributed by atoms with van der Waals surface area (Å²) in [5, 5.41) is 2.81. The van der Waals surface area contributed by atoms with Gasteiger partial charge in [-0.2, -0.15) is 0 Å². The summed E-state index contributed by atoms with van der Waals surface area (Å²) in [6.07, 6.45) is 0.900. The SMILES string of the molecule is COc1ccc(OC)c(NC(=O)CCN(C)C2CCS(=O)(=O)C2)c1. The second-order valence-corrected chi connectivity index (χ2v) is 8.13. The minimum atomic E-state index is -2.92. The Balaban J connectivity index is 1.89. The van der Waals surface area contributed by atoms with Gasteiger partial charge in [0.1, 0.15) is 11.5 Å². The van der Waals surface area contributed by atoms with E-state index in [-0.39, 0.29) is 29.9 Å². The van der Waals surface area contributed by atoms with Crippen LogP contribution in [0.3, 0.4) is 0 Å². The van der Waals surface area contributed by atoms with Gasteiger partial charge in [-0.3, -0.25) is 4.79 Å². The van der Waals surface area contributed by atoms with Crippen molar-refractivity contribution in [3.05, 3.63) is 18.2 Å². The minimum Gasteiger partial charge on any atom is -0.497 e. The molecule has 1 fully saturated rings. The van der Waals surface area contributed by atoms with Crippen molar-refractivity contribution in [2.45, 2.75) is 18.9 Å². The van der Waals surface area contributed by atoms with Crippen LogP contribution in [0, 0.1) is 0 Å². The molecule has 0 bridgehead atoms. The van der Waals surface area contributed by atoms with Crippen molar-refractivity contribution in [2.75, 3.05) is 44.6 Å². The average Bonchev–Trinajstić information content (AvgIpc) is 2.92. The first-order chi connectivity index (χ1) is 11.3. The topological polar surface area (TPSA) is 84.9 Å². The molecule has 1 saturated heterocycles. The summed E-state index contributed by atoms with van der Waals surface area (Å²) >= 11 is 0. The van der Waals surface area contributed by atoms with Crippen LogP contribution >= 0.6 is 0 Å². The van der Waals surface area contributed by atoms with E-state index in [0.717, 1.165) is 0 Å². The van der Waals surface area contributed by atoms with E-state index in [4.69, 9.17) is 9.47 Å². The number of carbonyl (C=O) groups excluding carboxylic acids is 1. The molecule has 1 unspecified atom stereocenters. The van der Waals surface area contributed by atoms with Crippen molar-refractivity contribution in [2.24, 2.45) is 0 Å². The van der Waals surface area contributed by atoms with Crippen molar-refractivity contribution >= 4 is 21.4 Å². The zero-order valence-corrected chi connectivity index (χ0v) is 15.1. The molecule has 1 amide bonds. The molecule has 0 radical (unpaired) electrons. The number of rotatable bonds is 7. The predicted molar refractivity (Wildman–Crippen MR) is 92.5 cm³/mol. The number of anilines is 1. The van der Waals surface area contributed by atoms with Gasteiger partial charge in [0.25, 0.3) is 0 Å². The van der Waals surface area contributed by atoms with Crippen molar-refractivity contribution in [1.82, 2.24) is 4.90 Å². The van der Waals surface area contributed by atoms with Gasteiger partial charge in [-0.15, -0.1) is 0 Å². The standard InChI is InChI=1S/C16H24N2O5S/c1-18(12-7-9-24(20,21)11-12)8-6-16(19)17-14-10-13(22-2)4-5-15(14)23-3/h4-5,10,12H,6-9,11H2,1-3H3,(H,17,19). The fraction of sp³-hybridized carbons (Fsp3) is 0.562. The largest absolute Gasteiger partial charge is 0.497 e. The number of nitrogens with one attached hydrogen (secondary N) is 1. The summed E-state index contributed by atoms with van der Waals surface area (Å²) in [5.74, 6) is 1.43. The van der Waals surface area contributed by atoms with E-state index >= 15 is 0 Å². The highest BCUT2D eigenvalue weighted by atomic mass is 32.2. The lowest BCUT2D eigenvalue weighted by Gasteiger charge is -2.22.